The lowest BCUT2D eigenvalue weighted by atomic mass is 10.1. The molecule has 1 aromatic rings. The predicted octanol–water partition coefficient (Wildman–Crippen LogP) is 2.07. The number of hydrogen-bond donors (Lipinski definition) is 2. The van der Waals surface area contributed by atoms with Crippen LogP contribution >= 0.6 is 0 Å². The van der Waals surface area contributed by atoms with Crippen LogP contribution in [0.15, 0.2) is 29.8 Å². The summed E-state index contributed by atoms with van der Waals surface area (Å²) in [4.78, 5) is 25.6. The predicted molar refractivity (Wildman–Crippen MR) is 95.6 cm³/mol. The van der Waals surface area contributed by atoms with Crippen LogP contribution < -0.4 is 10.5 Å². The number of methoxy groups -OCH3 is 1. The maximum absolute atomic E-state index is 12.5. The molecule has 1 saturated heterocycles. The van der Waals surface area contributed by atoms with Crippen LogP contribution in [0.3, 0.4) is 0 Å². The topological polar surface area (TPSA) is 92.9 Å². The summed E-state index contributed by atoms with van der Waals surface area (Å²) in [7, 11) is 1.59. The van der Waals surface area contributed by atoms with Crippen molar-refractivity contribution in [3.63, 3.8) is 0 Å². The van der Waals surface area contributed by atoms with Crippen LogP contribution in [0.1, 0.15) is 44.1 Å². The molecule has 1 atom stereocenters. The molecule has 0 aliphatic carbocycles. The van der Waals surface area contributed by atoms with E-state index in [9.17, 15) is 14.7 Å². The summed E-state index contributed by atoms with van der Waals surface area (Å²) in [5.41, 5.74) is 6.66. The minimum absolute atomic E-state index is 0.0229. The molecular formula is C19H26N2O4. The Morgan fingerprint density at radius 2 is 1.88 bits per heavy atom. The lowest BCUT2D eigenvalue weighted by Crippen LogP contribution is -2.39. The highest BCUT2D eigenvalue weighted by molar-refractivity contribution is 6.15. The second kappa shape index (κ2) is 9.34. The molecular weight excluding hydrogens is 320 g/mol. The highest BCUT2D eigenvalue weighted by atomic mass is 16.5. The molecule has 0 radical (unpaired) electrons. The summed E-state index contributed by atoms with van der Waals surface area (Å²) in [5.74, 6) is -0.0304. The van der Waals surface area contributed by atoms with Crippen molar-refractivity contribution in [1.82, 2.24) is 4.90 Å². The molecule has 2 rings (SSSR count). The summed E-state index contributed by atoms with van der Waals surface area (Å²) < 4.78 is 5.10. The van der Waals surface area contributed by atoms with Gasteiger partial charge in [0.1, 0.15) is 12.0 Å². The van der Waals surface area contributed by atoms with Crippen molar-refractivity contribution < 1.29 is 19.4 Å². The van der Waals surface area contributed by atoms with Crippen molar-refractivity contribution in [2.24, 2.45) is 5.73 Å². The van der Waals surface area contributed by atoms with E-state index in [1.54, 1.807) is 25.3 Å². The van der Waals surface area contributed by atoms with Crippen molar-refractivity contribution in [2.45, 2.75) is 44.8 Å². The molecule has 1 heterocycles. The van der Waals surface area contributed by atoms with Gasteiger partial charge in [-0.3, -0.25) is 14.5 Å². The van der Waals surface area contributed by atoms with Gasteiger partial charge in [-0.15, -0.1) is 0 Å². The number of nitrogens with two attached hydrogens (primary N) is 1. The normalized spacial score (nSPS) is 17.4. The smallest absolute Gasteiger partial charge is 0.259 e. The second-order valence-electron chi connectivity index (χ2n) is 6.16. The van der Waals surface area contributed by atoms with Crippen molar-refractivity contribution in [2.75, 3.05) is 13.7 Å². The van der Waals surface area contributed by atoms with Crippen LogP contribution in [0, 0.1) is 0 Å². The average Bonchev–Trinajstić information content (AvgIpc) is 2.89. The average molecular weight is 346 g/mol. The second-order valence-corrected chi connectivity index (χ2v) is 6.16. The summed E-state index contributed by atoms with van der Waals surface area (Å²) in [6, 6.07) is 7.23. The summed E-state index contributed by atoms with van der Waals surface area (Å²) >= 11 is 0. The van der Waals surface area contributed by atoms with Crippen molar-refractivity contribution in [3.05, 3.63) is 35.4 Å². The largest absolute Gasteiger partial charge is 0.497 e. The van der Waals surface area contributed by atoms with Crippen molar-refractivity contribution in [1.29, 1.82) is 0 Å². The van der Waals surface area contributed by atoms with Gasteiger partial charge in [0.05, 0.1) is 13.5 Å². The third kappa shape index (κ3) is 5.14. The Kier molecular flexibility index (Phi) is 7.16. The summed E-state index contributed by atoms with van der Waals surface area (Å²) in [5, 5.41) is 10.2. The number of imide groups is 1. The van der Waals surface area contributed by atoms with Crippen LogP contribution in [-0.2, 0) is 9.59 Å². The van der Waals surface area contributed by atoms with Crippen LogP contribution in [0.25, 0.3) is 6.08 Å². The van der Waals surface area contributed by atoms with E-state index in [4.69, 9.17) is 10.5 Å². The number of aliphatic hydroxyl groups excluding tert-OH is 1. The number of hydrogen-bond acceptors (Lipinski definition) is 5. The Labute approximate surface area is 148 Å². The fourth-order valence-electron chi connectivity index (χ4n) is 2.86. The number of unbranched alkanes of at least 4 members (excludes halogenated alkanes) is 3. The number of aliphatic hydroxyl groups is 1. The molecule has 3 N–H and O–H groups in total. The van der Waals surface area contributed by atoms with Crippen LogP contribution in [0.4, 0.5) is 0 Å². The van der Waals surface area contributed by atoms with Gasteiger partial charge in [0, 0.05) is 5.57 Å². The van der Waals surface area contributed by atoms with Crippen LogP contribution in [0.5, 0.6) is 5.75 Å². The molecule has 1 unspecified atom stereocenters. The minimum Gasteiger partial charge on any atom is -0.497 e. The maximum Gasteiger partial charge on any atom is 0.259 e. The van der Waals surface area contributed by atoms with E-state index in [2.05, 4.69) is 0 Å². The molecule has 0 aromatic heterocycles. The van der Waals surface area contributed by atoms with E-state index in [-0.39, 0.29) is 12.3 Å². The lowest BCUT2D eigenvalue weighted by Gasteiger charge is -2.20. The Bertz CT molecular complexity index is 625. The van der Waals surface area contributed by atoms with E-state index < -0.39 is 12.1 Å². The zero-order valence-electron chi connectivity index (χ0n) is 14.6. The van der Waals surface area contributed by atoms with E-state index in [1.807, 2.05) is 12.1 Å². The fourth-order valence-corrected chi connectivity index (χ4v) is 2.86. The Hall–Kier alpha value is -2.18. The number of likely N-dealkylation sites (tertiary alicyclic amines) is 1. The van der Waals surface area contributed by atoms with E-state index >= 15 is 0 Å². The molecule has 0 spiro atoms. The summed E-state index contributed by atoms with van der Waals surface area (Å²) in [6.07, 6.45) is 4.69. The van der Waals surface area contributed by atoms with Gasteiger partial charge in [-0.05, 0) is 49.6 Å². The molecule has 1 fully saturated rings. The molecule has 2 amide bonds. The fraction of sp³-hybridized carbons (Fsp3) is 0.474. The van der Waals surface area contributed by atoms with E-state index in [1.165, 1.54) is 0 Å². The summed E-state index contributed by atoms with van der Waals surface area (Å²) in [6.45, 7) is 0.658. The monoisotopic (exact) mass is 346 g/mol. The number of amides is 2. The van der Waals surface area contributed by atoms with Gasteiger partial charge in [0.2, 0.25) is 5.91 Å². The van der Waals surface area contributed by atoms with Crippen LogP contribution in [0.2, 0.25) is 0 Å². The first-order valence-electron chi connectivity index (χ1n) is 8.66. The van der Waals surface area contributed by atoms with E-state index in [0.717, 1.165) is 41.9 Å². The van der Waals surface area contributed by atoms with Gasteiger partial charge in [0.25, 0.3) is 5.91 Å². The zero-order valence-corrected chi connectivity index (χ0v) is 14.6. The van der Waals surface area contributed by atoms with Crippen molar-refractivity contribution >= 4 is 17.9 Å². The van der Waals surface area contributed by atoms with Gasteiger partial charge in [-0.2, -0.15) is 0 Å². The van der Waals surface area contributed by atoms with Crippen molar-refractivity contribution in [3.8, 4) is 5.75 Å². The van der Waals surface area contributed by atoms with Gasteiger partial charge in [0.15, 0.2) is 0 Å². The van der Waals surface area contributed by atoms with Gasteiger partial charge >= 0.3 is 0 Å². The molecule has 1 aliphatic rings. The highest BCUT2D eigenvalue weighted by Gasteiger charge is 2.37. The lowest BCUT2D eigenvalue weighted by molar-refractivity contribution is -0.148. The Balaban J connectivity index is 1.97. The molecule has 1 aliphatic heterocycles. The van der Waals surface area contributed by atoms with Gasteiger partial charge in [-0.25, -0.2) is 0 Å². The SMILES string of the molecule is COc1ccc(/C=C2\CC(=O)N(C(O)CCCCCCN)C2=O)cc1. The number of carbonyl (C=O) groups excluding carboxylic acids is 2. The first kappa shape index (κ1) is 19.1. The molecule has 6 heteroatoms. The van der Waals surface area contributed by atoms with Gasteiger partial charge < -0.3 is 15.6 Å². The molecule has 0 bridgehead atoms. The standard InChI is InChI=1S/C19H26N2O4/c1-25-16-9-7-14(8-10-16)12-15-13-18(23)21(19(15)24)17(22)6-4-2-3-5-11-20/h7-10,12,17,22H,2-6,11,13,20H2,1H3/b15-12+. The first-order valence-corrected chi connectivity index (χ1v) is 8.66. The third-order valence-electron chi connectivity index (χ3n) is 4.28. The van der Waals surface area contributed by atoms with Gasteiger partial charge in [-0.1, -0.05) is 25.0 Å². The first-order chi connectivity index (χ1) is 12.1. The molecule has 25 heavy (non-hydrogen) atoms. The molecule has 1 aromatic carbocycles. The number of ether oxygens (including phenoxy) is 1. The third-order valence-corrected chi connectivity index (χ3v) is 4.28. The Morgan fingerprint density at radius 3 is 2.52 bits per heavy atom. The minimum atomic E-state index is -1.06. The number of nitrogens with zero attached hydrogens (tertiary/aromatic N) is 1. The number of benzene rings is 1. The Morgan fingerprint density at radius 1 is 1.20 bits per heavy atom. The molecule has 6 nitrogen and oxygen atoms in total. The quantitative estimate of drug-likeness (QED) is 0.406. The number of carbonyl (C=O) groups is 2. The zero-order chi connectivity index (χ0) is 18.2. The molecule has 0 saturated carbocycles. The molecule has 136 valence electrons. The highest BCUT2D eigenvalue weighted by Crippen LogP contribution is 2.25. The number of rotatable bonds is 9. The van der Waals surface area contributed by atoms with E-state index in [0.29, 0.717) is 18.5 Å². The van der Waals surface area contributed by atoms with Crippen LogP contribution in [-0.4, -0.2) is 41.7 Å². The maximum atomic E-state index is 12.5.